The van der Waals surface area contributed by atoms with Gasteiger partial charge >= 0.3 is 11.9 Å². The van der Waals surface area contributed by atoms with E-state index >= 15 is 0 Å². The predicted molar refractivity (Wildman–Crippen MR) is 70.1 cm³/mol. The van der Waals surface area contributed by atoms with Crippen LogP contribution >= 0.6 is 0 Å². The number of aliphatic hydroxyl groups is 1. The van der Waals surface area contributed by atoms with E-state index in [0.717, 1.165) is 6.92 Å². The lowest BCUT2D eigenvalue weighted by Crippen LogP contribution is -2.37. The van der Waals surface area contributed by atoms with E-state index in [1.807, 2.05) is 0 Å². The van der Waals surface area contributed by atoms with Crippen LogP contribution in [0.25, 0.3) is 0 Å². The van der Waals surface area contributed by atoms with Crippen LogP contribution in [0.3, 0.4) is 0 Å². The van der Waals surface area contributed by atoms with Crippen LogP contribution in [0.15, 0.2) is 30.3 Å². The minimum atomic E-state index is -2.03. The Balaban J connectivity index is 2.83. The van der Waals surface area contributed by atoms with Crippen molar-refractivity contribution in [2.24, 2.45) is 0 Å². The van der Waals surface area contributed by atoms with Crippen LogP contribution in [-0.4, -0.2) is 42.0 Å². The molecule has 0 aliphatic heterocycles. The molecular weight excluding hydrogens is 280 g/mol. The summed E-state index contributed by atoms with van der Waals surface area (Å²) in [7, 11) is 0. The van der Waals surface area contributed by atoms with Gasteiger partial charge in [-0.05, 0) is 6.92 Å². The molecule has 0 aliphatic rings. The van der Waals surface area contributed by atoms with Gasteiger partial charge in [0.15, 0.2) is 0 Å². The quantitative estimate of drug-likeness (QED) is 0.448. The van der Waals surface area contributed by atoms with E-state index in [2.05, 4.69) is 9.47 Å². The summed E-state index contributed by atoms with van der Waals surface area (Å²) in [5, 5.41) is 9.49. The number of Topliss-reactive ketones (excluding diaryl/α,β-unsaturated/α-hetero) is 1. The maximum Gasteiger partial charge on any atom is 0.363 e. The predicted octanol–water partition coefficient (Wildman–Crippen LogP) is 0.657. The fourth-order valence-corrected chi connectivity index (χ4v) is 1.42. The molecule has 0 aromatic heterocycles. The Labute approximate surface area is 121 Å². The Morgan fingerprint density at radius 3 is 2.33 bits per heavy atom. The monoisotopic (exact) mass is 296 g/mol. The lowest BCUT2D eigenvalue weighted by atomic mass is 10.1. The van der Waals surface area contributed by atoms with Gasteiger partial charge in [0, 0.05) is 12.5 Å². The number of carbonyl (C=O) groups is 3. The smallest absolute Gasteiger partial charge is 0.363 e. The van der Waals surface area contributed by atoms with Gasteiger partial charge in [0.2, 0.25) is 5.78 Å². The lowest BCUT2D eigenvalue weighted by molar-refractivity contribution is -0.221. The molecule has 0 radical (unpaired) electrons. The molecule has 1 N–H and O–H groups in total. The third kappa shape index (κ3) is 5.33. The van der Waals surface area contributed by atoms with Gasteiger partial charge in [0.25, 0.3) is 12.6 Å². The number of benzene rings is 1. The van der Waals surface area contributed by atoms with Gasteiger partial charge in [-0.15, -0.1) is 0 Å². The summed E-state index contributed by atoms with van der Waals surface area (Å²) >= 11 is 0. The van der Waals surface area contributed by atoms with Crippen LogP contribution in [0.5, 0.6) is 0 Å². The number of aliphatic hydroxyl groups excluding tert-OH is 1. The Kier molecular flexibility index (Phi) is 6.51. The molecule has 1 aromatic rings. The molecular formula is C14H16O7. The molecule has 1 aromatic carbocycles. The average molecular weight is 296 g/mol. The number of hydrogen-bond acceptors (Lipinski definition) is 7. The molecule has 114 valence electrons. The maximum absolute atomic E-state index is 12.1. The molecule has 0 saturated carbocycles. The first kappa shape index (κ1) is 16.8. The van der Waals surface area contributed by atoms with Gasteiger partial charge < -0.3 is 14.6 Å². The summed E-state index contributed by atoms with van der Waals surface area (Å²) in [6.07, 6.45) is -3.76. The standard InChI is InChI=1S/C14H16O7/c1-3-19-12(17)13(18)21-14(20-9(2)15)11(16)10-7-5-4-6-8-10/h4-8,13-14,18H,3H2,1-2H3. The highest BCUT2D eigenvalue weighted by Gasteiger charge is 2.30. The van der Waals surface area contributed by atoms with Crippen molar-refractivity contribution < 1.29 is 33.7 Å². The van der Waals surface area contributed by atoms with Gasteiger partial charge in [-0.2, -0.15) is 0 Å². The SMILES string of the molecule is CCOC(=O)C(O)OC(OC(C)=O)C(=O)c1ccccc1. The summed E-state index contributed by atoms with van der Waals surface area (Å²) in [6, 6.07) is 7.89. The van der Waals surface area contributed by atoms with Crippen molar-refractivity contribution in [1.29, 1.82) is 0 Å². The maximum atomic E-state index is 12.1. The van der Waals surface area contributed by atoms with Crippen molar-refractivity contribution in [2.75, 3.05) is 6.61 Å². The van der Waals surface area contributed by atoms with Crippen molar-refractivity contribution >= 4 is 17.7 Å². The Morgan fingerprint density at radius 1 is 1.19 bits per heavy atom. The summed E-state index contributed by atoms with van der Waals surface area (Å²) < 4.78 is 14.0. The van der Waals surface area contributed by atoms with Gasteiger partial charge in [-0.25, -0.2) is 4.79 Å². The molecule has 0 saturated heterocycles. The summed E-state index contributed by atoms with van der Waals surface area (Å²) in [5.74, 6) is -2.56. The van der Waals surface area contributed by atoms with Crippen molar-refractivity contribution in [2.45, 2.75) is 26.4 Å². The van der Waals surface area contributed by atoms with E-state index in [-0.39, 0.29) is 12.2 Å². The number of ketones is 1. The lowest BCUT2D eigenvalue weighted by Gasteiger charge is -2.19. The molecule has 0 aliphatic carbocycles. The van der Waals surface area contributed by atoms with Gasteiger partial charge in [-0.3, -0.25) is 14.3 Å². The van der Waals surface area contributed by atoms with Crippen molar-refractivity contribution in [3.63, 3.8) is 0 Å². The molecule has 2 unspecified atom stereocenters. The van der Waals surface area contributed by atoms with Gasteiger partial charge in [0.05, 0.1) is 6.61 Å². The Bertz CT molecular complexity index is 497. The molecule has 7 heteroatoms. The van der Waals surface area contributed by atoms with Crippen LogP contribution in [0.2, 0.25) is 0 Å². The van der Waals surface area contributed by atoms with Crippen LogP contribution < -0.4 is 0 Å². The van der Waals surface area contributed by atoms with Crippen LogP contribution in [0.4, 0.5) is 0 Å². The summed E-state index contributed by atoms with van der Waals surface area (Å²) in [4.78, 5) is 34.4. The molecule has 1 rings (SSSR count). The van der Waals surface area contributed by atoms with Crippen LogP contribution in [-0.2, 0) is 23.8 Å². The highest BCUT2D eigenvalue weighted by molar-refractivity contribution is 5.99. The van der Waals surface area contributed by atoms with E-state index in [1.54, 1.807) is 25.1 Å². The molecule has 0 spiro atoms. The third-order valence-corrected chi connectivity index (χ3v) is 2.29. The zero-order valence-electron chi connectivity index (χ0n) is 11.6. The number of hydrogen-bond donors (Lipinski definition) is 1. The molecule has 0 amide bonds. The normalized spacial score (nSPS) is 13.1. The second-order valence-electron chi connectivity index (χ2n) is 3.91. The van der Waals surface area contributed by atoms with Gasteiger partial charge in [-0.1, -0.05) is 30.3 Å². The Hall–Kier alpha value is -2.25. The van der Waals surface area contributed by atoms with E-state index in [4.69, 9.17) is 4.74 Å². The number of rotatable bonds is 7. The third-order valence-electron chi connectivity index (χ3n) is 2.29. The number of carbonyl (C=O) groups excluding carboxylic acids is 3. The van der Waals surface area contributed by atoms with Crippen molar-refractivity contribution in [3.8, 4) is 0 Å². The minimum absolute atomic E-state index is 0.0319. The second-order valence-corrected chi connectivity index (χ2v) is 3.91. The molecule has 0 bridgehead atoms. The van der Waals surface area contributed by atoms with Crippen LogP contribution in [0.1, 0.15) is 24.2 Å². The summed E-state index contributed by atoms with van der Waals surface area (Å²) in [5.41, 5.74) is 0.208. The zero-order valence-corrected chi connectivity index (χ0v) is 11.6. The highest BCUT2D eigenvalue weighted by atomic mass is 16.8. The highest BCUT2D eigenvalue weighted by Crippen LogP contribution is 2.10. The van der Waals surface area contributed by atoms with Gasteiger partial charge in [0.1, 0.15) is 0 Å². The fourth-order valence-electron chi connectivity index (χ4n) is 1.42. The first-order valence-electron chi connectivity index (χ1n) is 6.22. The van der Waals surface area contributed by atoms with Crippen molar-refractivity contribution in [1.82, 2.24) is 0 Å². The minimum Gasteiger partial charge on any atom is -0.462 e. The molecule has 2 atom stereocenters. The first-order valence-corrected chi connectivity index (χ1v) is 6.22. The largest absolute Gasteiger partial charge is 0.462 e. The van der Waals surface area contributed by atoms with E-state index in [0.29, 0.717) is 0 Å². The molecule has 7 nitrogen and oxygen atoms in total. The van der Waals surface area contributed by atoms with E-state index in [9.17, 15) is 19.5 Å². The second kappa shape index (κ2) is 8.13. The first-order chi connectivity index (χ1) is 9.95. The Morgan fingerprint density at radius 2 is 1.81 bits per heavy atom. The van der Waals surface area contributed by atoms with E-state index in [1.165, 1.54) is 12.1 Å². The molecule has 0 heterocycles. The molecule has 21 heavy (non-hydrogen) atoms. The van der Waals surface area contributed by atoms with Crippen molar-refractivity contribution in [3.05, 3.63) is 35.9 Å². The summed E-state index contributed by atoms with van der Waals surface area (Å²) in [6.45, 7) is 2.65. The molecule has 0 fully saturated rings. The number of ether oxygens (including phenoxy) is 3. The zero-order chi connectivity index (χ0) is 15.8. The average Bonchev–Trinajstić information content (AvgIpc) is 2.46. The fraction of sp³-hybridized carbons (Fsp3) is 0.357. The topological polar surface area (TPSA) is 99.1 Å². The van der Waals surface area contributed by atoms with Crippen LogP contribution in [0, 0.1) is 0 Å². The van der Waals surface area contributed by atoms with E-state index < -0.39 is 30.3 Å². The number of esters is 2.